The van der Waals surface area contributed by atoms with Crippen LogP contribution >= 0.6 is 0 Å². The number of hydrogen-bond donors (Lipinski definition) is 2. The fourth-order valence-corrected chi connectivity index (χ4v) is 1.60. The molecule has 1 atom stereocenters. The molecule has 0 aliphatic heterocycles. The highest BCUT2D eigenvalue weighted by Gasteiger charge is 2.29. The third kappa shape index (κ3) is 3.59. The summed E-state index contributed by atoms with van der Waals surface area (Å²) < 4.78 is 0. The second-order valence-corrected chi connectivity index (χ2v) is 4.07. The van der Waals surface area contributed by atoms with Gasteiger partial charge in [0.05, 0.1) is 6.42 Å². The third-order valence-corrected chi connectivity index (χ3v) is 2.72. The van der Waals surface area contributed by atoms with Gasteiger partial charge in [-0.1, -0.05) is 5.92 Å². The first-order valence-electron chi connectivity index (χ1n) is 5.61. The van der Waals surface area contributed by atoms with Gasteiger partial charge >= 0.3 is 11.9 Å². The van der Waals surface area contributed by atoms with Gasteiger partial charge in [0.2, 0.25) is 0 Å². The Balaban J connectivity index is 2.95. The maximum atomic E-state index is 12.1. The van der Waals surface area contributed by atoms with Gasteiger partial charge in [0.15, 0.2) is 0 Å². The molecule has 1 unspecified atom stereocenters. The van der Waals surface area contributed by atoms with Crippen LogP contribution < -0.4 is 0 Å². The van der Waals surface area contributed by atoms with Gasteiger partial charge in [0.25, 0.3) is 5.91 Å². The summed E-state index contributed by atoms with van der Waals surface area (Å²) in [6.45, 7) is 0. The predicted octanol–water partition coefficient (Wildman–Crippen LogP) is 0.624. The van der Waals surface area contributed by atoms with Gasteiger partial charge in [-0.05, 0) is 30.7 Å². The minimum absolute atomic E-state index is 0.211. The van der Waals surface area contributed by atoms with E-state index in [9.17, 15) is 14.4 Å². The lowest BCUT2D eigenvalue weighted by Gasteiger charge is -2.23. The van der Waals surface area contributed by atoms with Crippen molar-refractivity contribution in [3.05, 3.63) is 41.8 Å². The molecule has 103 valence electrons. The molecule has 0 fully saturated rings. The number of carboxylic acids is 2. The molecule has 0 saturated heterocycles. The standard InChI is InChI=1S/C14H12NO5/c1-3-9-4-6-10(7-5-9)13(18)15(2)11(14(19)20)8-12(16)17/h4-7,11H,8H2,2H3,(H,16,17)(H,19,20). The van der Waals surface area contributed by atoms with E-state index < -0.39 is 30.3 Å². The molecule has 0 aromatic heterocycles. The normalized spacial score (nSPS) is 11.2. The topological polar surface area (TPSA) is 94.9 Å². The molecule has 0 aliphatic rings. The van der Waals surface area contributed by atoms with Crippen LogP contribution in [-0.4, -0.2) is 46.0 Å². The Bertz CT molecular complexity index is 570. The maximum Gasteiger partial charge on any atom is 0.327 e. The second kappa shape index (κ2) is 6.38. The fraction of sp³-hybridized carbons (Fsp3) is 0.214. The molecule has 0 aliphatic carbocycles. The molecule has 20 heavy (non-hydrogen) atoms. The van der Waals surface area contributed by atoms with Crippen molar-refractivity contribution in [3.63, 3.8) is 0 Å². The van der Waals surface area contributed by atoms with Crippen molar-refractivity contribution in [2.45, 2.75) is 12.5 Å². The Kier molecular flexibility index (Phi) is 4.87. The van der Waals surface area contributed by atoms with Gasteiger partial charge < -0.3 is 15.1 Å². The first-order chi connectivity index (χ1) is 9.36. The highest BCUT2D eigenvalue weighted by Crippen LogP contribution is 2.11. The van der Waals surface area contributed by atoms with Crippen LogP contribution in [0.15, 0.2) is 24.3 Å². The molecule has 1 aromatic carbocycles. The number of nitrogens with zero attached hydrogens (tertiary/aromatic N) is 1. The number of carbonyl (C=O) groups is 3. The van der Waals surface area contributed by atoms with Gasteiger partial charge in [-0.2, -0.15) is 0 Å². The van der Waals surface area contributed by atoms with Crippen molar-refractivity contribution < 1.29 is 24.6 Å². The van der Waals surface area contributed by atoms with Gasteiger partial charge in [-0.3, -0.25) is 9.59 Å². The summed E-state index contributed by atoms with van der Waals surface area (Å²) in [5, 5.41) is 17.7. The number of aliphatic carboxylic acids is 2. The first-order valence-corrected chi connectivity index (χ1v) is 5.61. The molecule has 1 rings (SSSR count). The highest BCUT2D eigenvalue weighted by molar-refractivity contribution is 5.97. The second-order valence-electron chi connectivity index (χ2n) is 4.07. The van der Waals surface area contributed by atoms with E-state index in [-0.39, 0.29) is 5.56 Å². The molecule has 0 bridgehead atoms. The minimum atomic E-state index is -1.44. The summed E-state index contributed by atoms with van der Waals surface area (Å²) in [4.78, 5) is 34.6. The lowest BCUT2D eigenvalue weighted by atomic mass is 10.1. The van der Waals surface area contributed by atoms with Crippen molar-refractivity contribution in [1.82, 2.24) is 4.90 Å². The van der Waals surface area contributed by atoms with E-state index in [1.165, 1.54) is 31.3 Å². The zero-order chi connectivity index (χ0) is 15.3. The number of rotatable bonds is 5. The van der Waals surface area contributed by atoms with Gasteiger partial charge in [-0.15, -0.1) is 0 Å². The summed E-state index contributed by atoms with van der Waals surface area (Å²) in [6, 6.07) is 4.39. The molecular weight excluding hydrogens is 262 g/mol. The van der Waals surface area contributed by atoms with Crippen molar-refractivity contribution in [1.29, 1.82) is 0 Å². The minimum Gasteiger partial charge on any atom is -0.481 e. The van der Waals surface area contributed by atoms with E-state index in [0.717, 1.165) is 4.90 Å². The third-order valence-electron chi connectivity index (χ3n) is 2.72. The van der Waals surface area contributed by atoms with Crippen LogP contribution in [-0.2, 0) is 9.59 Å². The van der Waals surface area contributed by atoms with Crippen LogP contribution in [0.4, 0.5) is 0 Å². The van der Waals surface area contributed by atoms with E-state index in [2.05, 4.69) is 5.92 Å². The zero-order valence-corrected chi connectivity index (χ0v) is 10.7. The van der Waals surface area contributed by atoms with Gasteiger partial charge in [-0.25, -0.2) is 4.79 Å². The summed E-state index contributed by atoms with van der Waals surface area (Å²) in [5.41, 5.74) is 0.688. The Morgan fingerprint density at radius 2 is 1.80 bits per heavy atom. The van der Waals surface area contributed by atoms with E-state index in [1.807, 2.05) is 0 Å². The molecule has 1 radical (unpaired) electrons. The van der Waals surface area contributed by atoms with Crippen LogP contribution in [0.1, 0.15) is 22.3 Å². The molecule has 2 N–H and O–H groups in total. The Morgan fingerprint density at radius 3 is 2.20 bits per heavy atom. The zero-order valence-electron chi connectivity index (χ0n) is 10.7. The summed E-state index contributed by atoms with van der Waals surface area (Å²) in [7, 11) is 1.24. The smallest absolute Gasteiger partial charge is 0.327 e. The van der Waals surface area contributed by atoms with Crippen LogP contribution in [0.3, 0.4) is 0 Å². The first kappa shape index (κ1) is 15.2. The van der Waals surface area contributed by atoms with E-state index >= 15 is 0 Å². The lowest BCUT2D eigenvalue weighted by molar-refractivity contribution is -0.148. The molecule has 1 amide bonds. The number of likely N-dealkylation sites (N-methyl/N-ethyl adjacent to an activating group) is 1. The van der Waals surface area contributed by atoms with Crippen LogP contribution in [0.5, 0.6) is 0 Å². The molecule has 0 spiro atoms. The van der Waals surface area contributed by atoms with E-state index in [1.54, 1.807) is 0 Å². The fourth-order valence-electron chi connectivity index (χ4n) is 1.60. The van der Waals surface area contributed by atoms with Crippen LogP contribution in [0.25, 0.3) is 0 Å². The summed E-state index contributed by atoms with van der Waals surface area (Å²) in [5.74, 6) is -1.14. The number of hydrogen-bond acceptors (Lipinski definition) is 3. The van der Waals surface area contributed by atoms with Crippen molar-refractivity contribution in [2.24, 2.45) is 0 Å². The van der Waals surface area contributed by atoms with Crippen molar-refractivity contribution >= 4 is 17.8 Å². The summed E-state index contributed by atoms with van der Waals surface area (Å²) >= 11 is 0. The summed E-state index contributed by atoms with van der Waals surface area (Å²) in [6.07, 6.45) is 6.24. The van der Waals surface area contributed by atoms with Crippen molar-refractivity contribution in [2.75, 3.05) is 7.05 Å². The van der Waals surface area contributed by atoms with Gasteiger partial charge in [0, 0.05) is 18.2 Å². The lowest BCUT2D eigenvalue weighted by Crippen LogP contribution is -2.43. The number of carboxylic acid groups (broad SMARTS) is 2. The molecule has 6 heteroatoms. The number of carbonyl (C=O) groups excluding carboxylic acids is 1. The maximum absolute atomic E-state index is 12.1. The van der Waals surface area contributed by atoms with E-state index in [0.29, 0.717) is 5.56 Å². The van der Waals surface area contributed by atoms with Crippen LogP contribution in [0, 0.1) is 12.3 Å². The Morgan fingerprint density at radius 1 is 1.25 bits per heavy atom. The van der Waals surface area contributed by atoms with E-state index in [4.69, 9.17) is 16.6 Å². The largest absolute Gasteiger partial charge is 0.481 e. The van der Waals surface area contributed by atoms with Crippen LogP contribution in [0.2, 0.25) is 0 Å². The monoisotopic (exact) mass is 274 g/mol. The van der Waals surface area contributed by atoms with Gasteiger partial charge in [0.1, 0.15) is 6.04 Å². The number of amides is 1. The SMILES string of the molecule is [C]#Cc1ccc(C(=O)N(C)C(CC(=O)O)C(=O)O)cc1. The molecule has 0 heterocycles. The van der Waals surface area contributed by atoms with Crippen molar-refractivity contribution in [3.8, 4) is 5.92 Å². The predicted molar refractivity (Wildman–Crippen MR) is 68.4 cm³/mol. The number of benzene rings is 1. The average Bonchev–Trinajstić information content (AvgIpc) is 2.43. The average molecular weight is 274 g/mol. The quantitative estimate of drug-likeness (QED) is 0.768. The molecule has 6 nitrogen and oxygen atoms in total. The highest BCUT2D eigenvalue weighted by atomic mass is 16.4. The molecular formula is C14H12NO5. The molecule has 1 aromatic rings. The Hall–Kier alpha value is -2.81. The Labute approximate surface area is 115 Å². The molecule has 0 saturated carbocycles.